The second kappa shape index (κ2) is 5.18. The highest BCUT2D eigenvalue weighted by molar-refractivity contribution is 7.92. The van der Waals surface area contributed by atoms with E-state index in [4.69, 9.17) is 0 Å². The standard InChI is InChI=1S/C14H16N2O2S2/c1-11-10-16(7-8-20(11,17)18)14-15-9-13(19-14)12-5-3-2-4-6-12/h2-6,9,11H,7-8,10H2,1H3/t11-/m0/s1. The third kappa shape index (κ3) is 2.58. The van der Waals surface area contributed by atoms with Crippen molar-refractivity contribution in [3.8, 4) is 10.4 Å². The Bertz CT molecular complexity index is 695. The van der Waals surface area contributed by atoms with Gasteiger partial charge in [0, 0.05) is 19.3 Å². The quantitative estimate of drug-likeness (QED) is 0.855. The van der Waals surface area contributed by atoms with Crippen LogP contribution in [0, 0.1) is 0 Å². The number of thiazole rings is 1. The molecule has 6 heteroatoms. The maximum absolute atomic E-state index is 11.7. The highest BCUT2D eigenvalue weighted by Crippen LogP contribution is 2.32. The van der Waals surface area contributed by atoms with Crippen LogP contribution >= 0.6 is 11.3 Å². The fourth-order valence-electron chi connectivity index (χ4n) is 2.27. The molecular formula is C14H16N2O2S2. The molecule has 2 aromatic rings. The van der Waals surface area contributed by atoms with Crippen LogP contribution in [0.4, 0.5) is 5.13 Å². The zero-order chi connectivity index (χ0) is 14.2. The molecule has 0 radical (unpaired) electrons. The first-order chi connectivity index (χ1) is 9.56. The second-order valence-electron chi connectivity index (χ2n) is 5.00. The van der Waals surface area contributed by atoms with Crippen molar-refractivity contribution in [1.29, 1.82) is 0 Å². The van der Waals surface area contributed by atoms with Gasteiger partial charge in [0.2, 0.25) is 0 Å². The molecule has 0 amide bonds. The van der Waals surface area contributed by atoms with Crippen LogP contribution in [0.2, 0.25) is 0 Å². The predicted molar refractivity (Wildman–Crippen MR) is 83.0 cm³/mol. The number of hydrogen-bond acceptors (Lipinski definition) is 5. The van der Waals surface area contributed by atoms with Gasteiger partial charge >= 0.3 is 0 Å². The summed E-state index contributed by atoms with van der Waals surface area (Å²) in [6.07, 6.45) is 1.86. The molecule has 1 fully saturated rings. The van der Waals surface area contributed by atoms with E-state index in [1.54, 1.807) is 18.3 Å². The molecule has 0 aliphatic carbocycles. The summed E-state index contributed by atoms with van der Waals surface area (Å²) in [6.45, 7) is 2.84. The van der Waals surface area contributed by atoms with E-state index in [-0.39, 0.29) is 11.0 Å². The van der Waals surface area contributed by atoms with Gasteiger partial charge in [0.05, 0.1) is 15.9 Å². The number of nitrogens with zero attached hydrogens (tertiary/aromatic N) is 2. The van der Waals surface area contributed by atoms with Crippen LogP contribution in [-0.2, 0) is 9.84 Å². The third-order valence-electron chi connectivity index (χ3n) is 3.56. The Morgan fingerprint density at radius 1 is 1.30 bits per heavy atom. The molecule has 0 spiro atoms. The van der Waals surface area contributed by atoms with Gasteiger partial charge in [0.15, 0.2) is 15.0 Å². The first kappa shape index (κ1) is 13.6. The first-order valence-corrected chi connectivity index (χ1v) is 9.07. The monoisotopic (exact) mass is 308 g/mol. The van der Waals surface area contributed by atoms with Crippen molar-refractivity contribution in [1.82, 2.24) is 4.98 Å². The fraction of sp³-hybridized carbons (Fsp3) is 0.357. The van der Waals surface area contributed by atoms with Gasteiger partial charge in [-0.05, 0) is 12.5 Å². The van der Waals surface area contributed by atoms with Crippen molar-refractivity contribution < 1.29 is 8.42 Å². The minimum absolute atomic E-state index is 0.217. The third-order valence-corrected chi connectivity index (χ3v) is 6.79. The SMILES string of the molecule is C[C@H]1CN(c2ncc(-c3ccccc3)s2)CCS1(=O)=O. The molecule has 0 saturated carbocycles. The average molecular weight is 308 g/mol. The average Bonchev–Trinajstić information content (AvgIpc) is 2.93. The molecule has 1 aromatic carbocycles. The molecule has 1 aromatic heterocycles. The van der Waals surface area contributed by atoms with Crippen LogP contribution in [0.3, 0.4) is 0 Å². The van der Waals surface area contributed by atoms with Gasteiger partial charge in [-0.3, -0.25) is 0 Å². The van der Waals surface area contributed by atoms with Crippen molar-refractivity contribution >= 4 is 26.3 Å². The maximum atomic E-state index is 11.7. The number of aromatic nitrogens is 1. The van der Waals surface area contributed by atoms with Crippen molar-refractivity contribution in [2.24, 2.45) is 0 Å². The summed E-state index contributed by atoms with van der Waals surface area (Å²) in [6, 6.07) is 10.1. The van der Waals surface area contributed by atoms with Crippen LogP contribution in [-0.4, -0.2) is 37.5 Å². The molecule has 1 aliphatic heterocycles. The van der Waals surface area contributed by atoms with Crippen LogP contribution in [0.5, 0.6) is 0 Å². The Morgan fingerprint density at radius 3 is 2.75 bits per heavy atom. The smallest absolute Gasteiger partial charge is 0.185 e. The summed E-state index contributed by atoms with van der Waals surface area (Å²) in [5.74, 6) is 0.217. The lowest BCUT2D eigenvalue weighted by molar-refractivity contribution is 0.569. The summed E-state index contributed by atoms with van der Waals surface area (Å²) in [5, 5.41) is 0.589. The molecule has 0 unspecified atom stereocenters. The molecule has 3 rings (SSSR count). The van der Waals surface area contributed by atoms with Gasteiger partial charge in [-0.15, -0.1) is 0 Å². The van der Waals surface area contributed by atoms with Crippen LogP contribution in [0.1, 0.15) is 6.92 Å². The van der Waals surface area contributed by atoms with Gasteiger partial charge in [0.1, 0.15) is 0 Å². The van der Waals surface area contributed by atoms with Gasteiger partial charge in [-0.1, -0.05) is 41.7 Å². The molecule has 1 atom stereocenters. The van der Waals surface area contributed by atoms with E-state index in [9.17, 15) is 8.42 Å². The van der Waals surface area contributed by atoms with Crippen LogP contribution in [0.15, 0.2) is 36.5 Å². The van der Waals surface area contributed by atoms with Gasteiger partial charge < -0.3 is 4.90 Å². The van der Waals surface area contributed by atoms with Gasteiger partial charge in [-0.25, -0.2) is 13.4 Å². The fourth-order valence-corrected chi connectivity index (χ4v) is 4.52. The summed E-state index contributed by atoms with van der Waals surface area (Å²) >= 11 is 1.61. The molecule has 20 heavy (non-hydrogen) atoms. The second-order valence-corrected chi connectivity index (χ2v) is 8.54. The minimum Gasteiger partial charge on any atom is -0.346 e. The highest BCUT2D eigenvalue weighted by Gasteiger charge is 2.30. The first-order valence-electron chi connectivity index (χ1n) is 6.54. The Labute approximate surface area is 123 Å². The van der Waals surface area contributed by atoms with E-state index >= 15 is 0 Å². The van der Waals surface area contributed by atoms with E-state index in [0.29, 0.717) is 13.1 Å². The molecular weight excluding hydrogens is 292 g/mol. The van der Waals surface area contributed by atoms with E-state index < -0.39 is 9.84 Å². The van der Waals surface area contributed by atoms with Gasteiger partial charge in [-0.2, -0.15) is 0 Å². The molecule has 0 bridgehead atoms. The summed E-state index contributed by atoms with van der Waals surface area (Å²) in [4.78, 5) is 7.63. The maximum Gasteiger partial charge on any atom is 0.185 e. The van der Waals surface area contributed by atoms with Crippen molar-refractivity contribution in [2.75, 3.05) is 23.7 Å². The summed E-state index contributed by atoms with van der Waals surface area (Å²) < 4.78 is 23.5. The Morgan fingerprint density at radius 2 is 2.05 bits per heavy atom. The van der Waals surface area contributed by atoms with E-state index in [2.05, 4.69) is 22.0 Å². The van der Waals surface area contributed by atoms with Crippen molar-refractivity contribution in [2.45, 2.75) is 12.2 Å². The zero-order valence-electron chi connectivity index (χ0n) is 11.2. The molecule has 2 heterocycles. The van der Waals surface area contributed by atoms with E-state index in [1.165, 1.54) is 0 Å². The van der Waals surface area contributed by atoms with E-state index in [0.717, 1.165) is 15.6 Å². The molecule has 4 nitrogen and oxygen atoms in total. The molecule has 1 saturated heterocycles. The number of anilines is 1. The van der Waals surface area contributed by atoms with Gasteiger partial charge in [0.25, 0.3) is 0 Å². The lowest BCUT2D eigenvalue weighted by Crippen LogP contribution is -2.45. The number of hydrogen-bond donors (Lipinski definition) is 0. The normalized spacial score (nSPS) is 21.9. The number of rotatable bonds is 2. The predicted octanol–water partition coefficient (Wildman–Crippen LogP) is 2.43. The molecule has 0 N–H and O–H groups in total. The Hall–Kier alpha value is -1.40. The molecule has 106 valence electrons. The largest absolute Gasteiger partial charge is 0.346 e. The highest BCUT2D eigenvalue weighted by atomic mass is 32.2. The lowest BCUT2D eigenvalue weighted by atomic mass is 10.2. The van der Waals surface area contributed by atoms with Crippen LogP contribution in [0.25, 0.3) is 10.4 Å². The Balaban J connectivity index is 1.82. The zero-order valence-corrected chi connectivity index (χ0v) is 12.8. The van der Waals surface area contributed by atoms with E-state index in [1.807, 2.05) is 24.4 Å². The minimum atomic E-state index is -2.91. The Kier molecular flexibility index (Phi) is 3.52. The van der Waals surface area contributed by atoms with Crippen molar-refractivity contribution in [3.05, 3.63) is 36.5 Å². The number of benzene rings is 1. The van der Waals surface area contributed by atoms with Crippen LogP contribution < -0.4 is 4.90 Å². The topological polar surface area (TPSA) is 50.3 Å². The number of sulfone groups is 1. The summed E-state index contributed by atoms with van der Waals surface area (Å²) in [5.41, 5.74) is 1.15. The van der Waals surface area contributed by atoms with Crippen molar-refractivity contribution in [3.63, 3.8) is 0 Å². The summed E-state index contributed by atoms with van der Waals surface area (Å²) in [7, 11) is -2.91. The molecule has 1 aliphatic rings. The lowest BCUT2D eigenvalue weighted by Gasteiger charge is -2.30.